The van der Waals surface area contributed by atoms with Gasteiger partial charge in [-0.15, -0.1) is 0 Å². The molecule has 18 heavy (non-hydrogen) atoms. The number of carbonyl (C=O) groups excluding carboxylic acids is 1. The number of ether oxygens (including phenoxy) is 2. The highest BCUT2D eigenvalue weighted by atomic mass is 16.5. The molecule has 0 saturated carbocycles. The van der Waals surface area contributed by atoms with E-state index in [1.165, 1.54) is 20.0 Å². The molecule has 2 atom stereocenters. The van der Waals surface area contributed by atoms with Crippen LogP contribution in [0.1, 0.15) is 25.7 Å². The van der Waals surface area contributed by atoms with Crippen molar-refractivity contribution in [3.8, 4) is 0 Å². The molecule has 1 aliphatic rings. The molecule has 0 aliphatic carbocycles. The van der Waals surface area contributed by atoms with Crippen LogP contribution in [0.4, 0.5) is 0 Å². The summed E-state index contributed by atoms with van der Waals surface area (Å²) < 4.78 is 10.4. The highest BCUT2D eigenvalue weighted by Gasteiger charge is 2.19. The lowest BCUT2D eigenvalue weighted by Gasteiger charge is -2.28. The predicted octanol–water partition coefficient (Wildman–Crippen LogP) is 0.638. The molecule has 0 aromatic rings. The third-order valence-corrected chi connectivity index (χ3v) is 3.42. The van der Waals surface area contributed by atoms with Crippen molar-refractivity contribution in [2.45, 2.75) is 37.8 Å². The monoisotopic (exact) mass is 258 g/mol. The molecule has 5 heteroatoms. The summed E-state index contributed by atoms with van der Waals surface area (Å²) in [6.07, 6.45) is 4.71. The Bertz CT molecular complexity index is 242. The maximum atomic E-state index is 11.4. The lowest BCUT2D eigenvalue weighted by atomic mass is 10.1. The Hall–Kier alpha value is -0.650. The van der Waals surface area contributed by atoms with E-state index in [1.807, 2.05) is 0 Å². The van der Waals surface area contributed by atoms with E-state index in [-0.39, 0.29) is 12.0 Å². The van der Waals surface area contributed by atoms with E-state index in [4.69, 9.17) is 9.47 Å². The SMILES string of the molecule is CNC(CCN(C)CC1CCCCO1)C(=O)OC. The third-order valence-electron chi connectivity index (χ3n) is 3.42. The van der Waals surface area contributed by atoms with Crippen LogP contribution in [0.2, 0.25) is 0 Å². The topological polar surface area (TPSA) is 50.8 Å². The lowest BCUT2D eigenvalue weighted by molar-refractivity contribution is -0.143. The number of rotatable bonds is 7. The van der Waals surface area contributed by atoms with E-state index in [0.29, 0.717) is 6.10 Å². The van der Waals surface area contributed by atoms with Gasteiger partial charge in [-0.1, -0.05) is 0 Å². The average Bonchev–Trinajstić information content (AvgIpc) is 2.40. The Kier molecular flexibility index (Phi) is 7.23. The summed E-state index contributed by atoms with van der Waals surface area (Å²) in [6, 6.07) is -0.218. The maximum absolute atomic E-state index is 11.4. The maximum Gasteiger partial charge on any atom is 0.322 e. The fourth-order valence-electron chi connectivity index (χ4n) is 2.26. The second-order valence-electron chi connectivity index (χ2n) is 4.90. The molecule has 0 aromatic carbocycles. The van der Waals surface area contributed by atoms with Gasteiger partial charge in [0.25, 0.3) is 0 Å². The molecule has 106 valence electrons. The van der Waals surface area contributed by atoms with Gasteiger partial charge < -0.3 is 19.7 Å². The van der Waals surface area contributed by atoms with Gasteiger partial charge in [-0.25, -0.2) is 0 Å². The molecule has 0 radical (unpaired) electrons. The summed E-state index contributed by atoms with van der Waals surface area (Å²) in [5.41, 5.74) is 0. The lowest BCUT2D eigenvalue weighted by Crippen LogP contribution is -2.40. The highest BCUT2D eigenvalue weighted by Crippen LogP contribution is 2.13. The van der Waals surface area contributed by atoms with Crippen LogP contribution in [-0.4, -0.2) is 63.9 Å². The minimum Gasteiger partial charge on any atom is -0.468 e. The Balaban J connectivity index is 2.22. The fraction of sp³-hybridized carbons (Fsp3) is 0.923. The van der Waals surface area contributed by atoms with Gasteiger partial charge in [0.1, 0.15) is 6.04 Å². The quantitative estimate of drug-likeness (QED) is 0.679. The summed E-state index contributed by atoms with van der Waals surface area (Å²) in [5.74, 6) is -0.195. The first-order valence-corrected chi connectivity index (χ1v) is 6.72. The Morgan fingerprint density at radius 2 is 2.33 bits per heavy atom. The van der Waals surface area contributed by atoms with E-state index >= 15 is 0 Å². The van der Waals surface area contributed by atoms with E-state index in [9.17, 15) is 4.79 Å². The van der Waals surface area contributed by atoms with Crippen molar-refractivity contribution in [1.82, 2.24) is 10.2 Å². The first kappa shape index (κ1) is 15.4. The molecule has 0 bridgehead atoms. The molecule has 1 N–H and O–H groups in total. The average molecular weight is 258 g/mol. The summed E-state index contributed by atoms with van der Waals surface area (Å²) in [7, 11) is 5.28. The summed E-state index contributed by atoms with van der Waals surface area (Å²) in [4.78, 5) is 13.6. The zero-order valence-electron chi connectivity index (χ0n) is 11.8. The third kappa shape index (κ3) is 5.33. The molecule has 1 rings (SSSR count). The molecule has 1 saturated heterocycles. The van der Waals surface area contributed by atoms with Crippen LogP contribution in [0, 0.1) is 0 Å². The van der Waals surface area contributed by atoms with Crippen LogP contribution < -0.4 is 5.32 Å². The van der Waals surface area contributed by atoms with E-state index in [2.05, 4.69) is 17.3 Å². The van der Waals surface area contributed by atoms with Gasteiger partial charge in [-0.2, -0.15) is 0 Å². The fourth-order valence-corrected chi connectivity index (χ4v) is 2.26. The first-order chi connectivity index (χ1) is 8.67. The minimum absolute atomic E-state index is 0.195. The molecular weight excluding hydrogens is 232 g/mol. The molecule has 0 spiro atoms. The van der Waals surface area contributed by atoms with Crippen LogP contribution >= 0.6 is 0 Å². The van der Waals surface area contributed by atoms with Crippen LogP contribution in [0.5, 0.6) is 0 Å². The van der Waals surface area contributed by atoms with E-state index in [0.717, 1.165) is 32.5 Å². The molecule has 0 amide bonds. The number of hydrogen-bond acceptors (Lipinski definition) is 5. The number of hydrogen-bond donors (Lipinski definition) is 1. The largest absolute Gasteiger partial charge is 0.468 e. The number of esters is 1. The van der Waals surface area contributed by atoms with Crippen LogP contribution in [0.25, 0.3) is 0 Å². The molecule has 0 aromatic heterocycles. The van der Waals surface area contributed by atoms with Gasteiger partial charge in [0.15, 0.2) is 0 Å². The molecule has 1 fully saturated rings. The molecule has 5 nitrogen and oxygen atoms in total. The second-order valence-corrected chi connectivity index (χ2v) is 4.90. The smallest absolute Gasteiger partial charge is 0.322 e. The van der Waals surface area contributed by atoms with Crippen molar-refractivity contribution in [2.75, 3.05) is 40.9 Å². The Morgan fingerprint density at radius 1 is 1.56 bits per heavy atom. The van der Waals surface area contributed by atoms with Gasteiger partial charge >= 0.3 is 5.97 Å². The van der Waals surface area contributed by atoms with Crippen LogP contribution in [0.15, 0.2) is 0 Å². The van der Waals surface area contributed by atoms with Gasteiger partial charge in [-0.3, -0.25) is 4.79 Å². The zero-order valence-corrected chi connectivity index (χ0v) is 11.8. The van der Waals surface area contributed by atoms with Crippen LogP contribution in [0.3, 0.4) is 0 Å². The van der Waals surface area contributed by atoms with Crippen molar-refractivity contribution < 1.29 is 14.3 Å². The Morgan fingerprint density at radius 3 is 2.89 bits per heavy atom. The molecular formula is C13H26N2O3. The number of nitrogens with zero attached hydrogens (tertiary/aromatic N) is 1. The number of methoxy groups -OCH3 is 1. The van der Waals surface area contributed by atoms with Gasteiger partial charge in [0.2, 0.25) is 0 Å². The Labute approximate surface area is 110 Å². The minimum atomic E-state index is -0.218. The van der Waals surface area contributed by atoms with Crippen molar-refractivity contribution in [2.24, 2.45) is 0 Å². The highest BCUT2D eigenvalue weighted by molar-refractivity contribution is 5.75. The summed E-state index contributed by atoms with van der Waals surface area (Å²) in [5, 5.41) is 2.98. The number of likely N-dealkylation sites (N-methyl/N-ethyl adjacent to an activating group) is 2. The molecule has 1 aliphatic heterocycles. The normalized spacial score (nSPS) is 21.9. The van der Waals surface area contributed by atoms with Crippen molar-refractivity contribution in [3.63, 3.8) is 0 Å². The predicted molar refractivity (Wildman–Crippen MR) is 70.6 cm³/mol. The van der Waals surface area contributed by atoms with Gasteiger partial charge in [-0.05, 0) is 46.3 Å². The van der Waals surface area contributed by atoms with E-state index < -0.39 is 0 Å². The van der Waals surface area contributed by atoms with E-state index in [1.54, 1.807) is 7.05 Å². The van der Waals surface area contributed by atoms with Crippen molar-refractivity contribution >= 4 is 5.97 Å². The molecule has 2 unspecified atom stereocenters. The zero-order chi connectivity index (χ0) is 13.4. The summed E-state index contributed by atoms with van der Waals surface area (Å²) >= 11 is 0. The number of carbonyl (C=O) groups is 1. The number of nitrogens with one attached hydrogen (secondary N) is 1. The second kappa shape index (κ2) is 8.45. The van der Waals surface area contributed by atoms with Crippen molar-refractivity contribution in [3.05, 3.63) is 0 Å². The van der Waals surface area contributed by atoms with Gasteiger partial charge in [0.05, 0.1) is 13.2 Å². The first-order valence-electron chi connectivity index (χ1n) is 6.72. The standard InChI is InChI=1S/C13H26N2O3/c1-14-12(13(16)17-3)7-8-15(2)10-11-6-4-5-9-18-11/h11-12,14H,4-10H2,1-3H3. The van der Waals surface area contributed by atoms with Crippen molar-refractivity contribution in [1.29, 1.82) is 0 Å². The summed E-state index contributed by atoms with van der Waals surface area (Å²) in [6.45, 7) is 2.69. The van der Waals surface area contributed by atoms with Crippen LogP contribution in [-0.2, 0) is 14.3 Å². The molecule has 1 heterocycles. The van der Waals surface area contributed by atoms with Gasteiger partial charge in [0, 0.05) is 13.2 Å².